The maximum Gasteiger partial charge on any atom is 0.168 e. The fourth-order valence-corrected chi connectivity index (χ4v) is 4.66. The standard InChI is InChI=1S/C20H32N6O/c1-16(2)14-19(20-21-22-23-26(20)15-18-8-5-13-27-18)25-11-9-24(10-12-25)17-6-3-4-7-17/h5,8,13,16-17,19H,3-4,6-7,9-12,14-15H2,1-2H3/t19-/m1/s1. The molecule has 0 spiro atoms. The molecule has 1 atom stereocenters. The number of piperazine rings is 1. The first-order chi connectivity index (χ1) is 13.2. The van der Waals surface area contributed by atoms with Gasteiger partial charge in [-0.25, -0.2) is 4.68 Å². The molecule has 2 aromatic rings. The molecule has 2 fully saturated rings. The van der Waals surface area contributed by atoms with Gasteiger partial charge in [-0.3, -0.25) is 9.80 Å². The second-order valence-corrected chi connectivity index (χ2v) is 8.43. The van der Waals surface area contributed by atoms with E-state index >= 15 is 0 Å². The summed E-state index contributed by atoms with van der Waals surface area (Å²) < 4.78 is 7.41. The molecule has 1 saturated heterocycles. The van der Waals surface area contributed by atoms with Crippen LogP contribution in [-0.4, -0.2) is 62.2 Å². The number of hydrogen-bond donors (Lipinski definition) is 0. The SMILES string of the molecule is CC(C)C[C@H](c1nnnn1Cc1ccco1)N1CCN(C2CCCC2)CC1. The quantitative estimate of drug-likeness (QED) is 0.745. The van der Waals surface area contributed by atoms with Gasteiger partial charge >= 0.3 is 0 Å². The molecule has 2 aromatic heterocycles. The van der Waals surface area contributed by atoms with Gasteiger partial charge in [-0.15, -0.1) is 5.10 Å². The molecule has 4 rings (SSSR count). The Kier molecular flexibility index (Phi) is 5.88. The number of rotatable bonds is 7. The molecule has 148 valence electrons. The summed E-state index contributed by atoms with van der Waals surface area (Å²) in [6.45, 7) is 9.68. The van der Waals surface area contributed by atoms with Crippen LogP contribution in [0.4, 0.5) is 0 Å². The number of aromatic nitrogens is 4. The van der Waals surface area contributed by atoms with Gasteiger partial charge in [0.05, 0.1) is 12.3 Å². The second-order valence-electron chi connectivity index (χ2n) is 8.43. The smallest absolute Gasteiger partial charge is 0.168 e. The lowest BCUT2D eigenvalue weighted by molar-refractivity contribution is 0.0587. The molecule has 7 heteroatoms. The Hall–Kier alpha value is -1.73. The average molecular weight is 373 g/mol. The molecule has 3 heterocycles. The lowest BCUT2D eigenvalue weighted by Crippen LogP contribution is -2.51. The Labute approximate surface area is 161 Å². The Balaban J connectivity index is 1.46. The predicted octanol–water partition coefficient (Wildman–Crippen LogP) is 2.96. The minimum Gasteiger partial charge on any atom is -0.467 e. The third-order valence-electron chi connectivity index (χ3n) is 6.07. The number of nitrogens with zero attached hydrogens (tertiary/aromatic N) is 6. The van der Waals surface area contributed by atoms with Crippen molar-refractivity contribution in [2.24, 2.45) is 5.92 Å². The zero-order valence-corrected chi connectivity index (χ0v) is 16.6. The molecule has 0 amide bonds. The molecule has 0 unspecified atom stereocenters. The van der Waals surface area contributed by atoms with Crippen LogP contribution in [0.15, 0.2) is 22.8 Å². The Morgan fingerprint density at radius 3 is 2.59 bits per heavy atom. The zero-order chi connectivity index (χ0) is 18.6. The Bertz CT molecular complexity index is 683. The molecule has 27 heavy (non-hydrogen) atoms. The highest BCUT2D eigenvalue weighted by Gasteiger charge is 2.32. The van der Waals surface area contributed by atoms with Gasteiger partial charge in [-0.05, 0) is 47.7 Å². The van der Waals surface area contributed by atoms with E-state index in [1.807, 2.05) is 16.8 Å². The summed E-state index contributed by atoms with van der Waals surface area (Å²) in [5.74, 6) is 2.45. The molecule has 7 nitrogen and oxygen atoms in total. The van der Waals surface area contributed by atoms with E-state index in [2.05, 4.69) is 39.2 Å². The molecular weight excluding hydrogens is 340 g/mol. The third-order valence-corrected chi connectivity index (χ3v) is 6.07. The average Bonchev–Trinajstić information content (AvgIpc) is 3.43. The third kappa shape index (κ3) is 4.41. The van der Waals surface area contributed by atoms with E-state index in [1.165, 1.54) is 38.8 Å². The highest BCUT2D eigenvalue weighted by atomic mass is 16.3. The molecule has 1 aliphatic carbocycles. The first-order valence-electron chi connectivity index (χ1n) is 10.5. The van der Waals surface area contributed by atoms with Crippen molar-refractivity contribution < 1.29 is 4.42 Å². The summed E-state index contributed by atoms with van der Waals surface area (Å²) in [7, 11) is 0. The van der Waals surface area contributed by atoms with Gasteiger partial charge in [0.15, 0.2) is 5.82 Å². The van der Waals surface area contributed by atoms with Crippen LogP contribution in [-0.2, 0) is 6.54 Å². The predicted molar refractivity (Wildman–Crippen MR) is 103 cm³/mol. The van der Waals surface area contributed by atoms with Gasteiger partial charge in [-0.2, -0.15) is 0 Å². The zero-order valence-electron chi connectivity index (χ0n) is 16.6. The summed E-state index contributed by atoms with van der Waals surface area (Å²) in [4.78, 5) is 5.30. The van der Waals surface area contributed by atoms with E-state index in [9.17, 15) is 0 Å². The molecule has 2 aliphatic rings. The highest BCUT2D eigenvalue weighted by Crippen LogP contribution is 2.30. The largest absolute Gasteiger partial charge is 0.467 e. The maximum absolute atomic E-state index is 5.50. The molecule has 1 saturated carbocycles. The number of tetrazole rings is 1. The fourth-order valence-electron chi connectivity index (χ4n) is 4.66. The van der Waals surface area contributed by atoms with E-state index in [-0.39, 0.29) is 6.04 Å². The van der Waals surface area contributed by atoms with Crippen LogP contribution >= 0.6 is 0 Å². The van der Waals surface area contributed by atoms with Crippen molar-refractivity contribution >= 4 is 0 Å². The van der Waals surface area contributed by atoms with Gasteiger partial charge in [0.1, 0.15) is 12.3 Å². The van der Waals surface area contributed by atoms with Crippen molar-refractivity contribution in [3.8, 4) is 0 Å². The van der Waals surface area contributed by atoms with Crippen LogP contribution in [0.5, 0.6) is 0 Å². The van der Waals surface area contributed by atoms with Crippen molar-refractivity contribution in [2.45, 2.75) is 64.6 Å². The van der Waals surface area contributed by atoms with E-state index in [4.69, 9.17) is 4.42 Å². The molecule has 0 radical (unpaired) electrons. The lowest BCUT2D eigenvalue weighted by Gasteiger charge is -2.41. The van der Waals surface area contributed by atoms with Crippen LogP contribution in [0.3, 0.4) is 0 Å². The van der Waals surface area contributed by atoms with E-state index in [1.54, 1.807) is 6.26 Å². The van der Waals surface area contributed by atoms with E-state index < -0.39 is 0 Å². The van der Waals surface area contributed by atoms with Gasteiger partial charge in [-0.1, -0.05) is 26.7 Å². The second kappa shape index (κ2) is 8.52. The van der Waals surface area contributed by atoms with Crippen molar-refractivity contribution in [3.05, 3.63) is 30.0 Å². The summed E-state index contributed by atoms with van der Waals surface area (Å²) in [6.07, 6.45) is 8.35. The van der Waals surface area contributed by atoms with Gasteiger partial charge in [0, 0.05) is 32.2 Å². The van der Waals surface area contributed by atoms with Crippen LogP contribution in [0.1, 0.15) is 63.6 Å². The number of furan rings is 1. The molecule has 0 bridgehead atoms. The summed E-state index contributed by atoms with van der Waals surface area (Å²) in [5, 5.41) is 12.7. The first-order valence-corrected chi connectivity index (χ1v) is 10.5. The summed E-state index contributed by atoms with van der Waals surface area (Å²) >= 11 is 0. The van der Waals surface area contributed by atoms with Gasteiger partial charge in [0.25, 0.3) is 0 Å². The fraction of sp³-hybridized carbons (Fsp3) is 0.750. The Morgan fingerprint density at radius 1 is 1.15 bits per heavy atom. The topological polar surface area (TPSA) is 63.2 Å². The van der Waals surface area contributed by atoms with Crippen molar-refractivity contribution in [1.82, 2.24) is 30.0 Å². The van der Waals surface area contributed by atoms with Gasteiger partial charge < -0.3 is 4.42 Å². The minimum absolute atomic E-state index is 0.265. The van der Waals surface area contributed by atoms with Crippen LogP contribution in [0.25, 0.3) is 0 Å². The van der Waals surface area contributed by atoms with Crippen molar-refractivity contribution in [2.75, 3.05) is 26.2 Å². The molecule has 0 aromatic carbocycles. The molecular formula is C20H32N6O. The Morgan fingerprint density at radius 2 is 1.93 bits per heavy atom. The van der Waals surface area contributed by atoms with E-state index in [0.29, 0.717) is 12.5 Å². The minimum atomic E-state index is 0.265. The maximum atomic E-state index is 5.50. The van der Waals surface area contributed by atoms with Crippen LogP contribution in [0, 0.1) is 5.92 Å². The highest BCUT2D eigenvalue weighted by molar-refractivity contribution is 5.02. The summed E-state index contributed by atoms with van der Waals surface area (Å²) in [6, 6.07) is 4.97. The van der Waals surface area contributed by atoms with Gasteiger partial charge in [0.2, 0.25) is 0 Å². The normalized spacial score (nSPS) is 21.3. The van der Waals surface area contributed by atoms with Crippen molar-refractivity contribution in [3.63, 3.8) is 0 Å². The summed E-state index contributed by atoms with van der Waals surface area (Å²) in [5.41, 5.74) is 0. The van der Waals surface area contributed by atoms with Crippen molar-refractivity contribution in [1.29, 1.82) is 0 Å². The lowest BCUT2D eigenvalue weighted by atomic mass is 10.0. The van der Waals surface area contributed by atoms with E-state index in [0.717, 1.165) is 37.1 Å². The number of hydrogen-bond acceptors (Lipinski definition) is 6. The van der Waals surface area contributed by atoms with Crippen LogP contribution < -0.4 is 0 Å². The first kappa shape index (κ1) is 18.6. The molecule has 0 N–H and O–H groups in total. The van der Waals surface area contributed by atoms with Crippen LogP contribution in [0.2, 0.25) is 0 Å². The molecule has 1 aliphatic heterocycles. The monoisotopic (exact) mass is 372 g/mol.